The van der Waals surface area contributed by atoms with Gasteiger partial charge in [0.1, 0.15) is 6.10 Å². The third-order valence-electron chi connectivity index (χ3n) is 2.81. The third-order valence-corrected chi connectivity index (χ3v) is 2.81. The second kappa shape index (κ2) is 3.18. The van der Waals surface area contributed by atoms with Crippen LogP contribution in [0.5, 0.6) is 0 Å². The van der Waals surface area contributed by atoms with Gasteiger partial charge >= 0.3 is 0 Å². The first kappa shape index (κ1) is 8.81. The van der Waals surface area contributed by atoms with E-state index in [1.54, 1.807) is 0 Å². The molecule has 74 valence electrons. The maximum Gasteiger partial charge on any atom is 0.287 e. The Morgan fingerprint density at radius 2 is 2.31 bits per heavy atom. The van der Waals surface area contributed by atoms with Crippen LogP contribution >= 0.6 is 0 Å². The average Bonchev–Trinajstić information content (AvgIpc) is 2.60. The van der Waals surface area contributed by atoms with Crippen LogP contribution in [-0.4, -0.2) is 48.9 Å². The van der Waals surface area contributed by atoms with E-state index >= 15 is 0 Å². The van der Waals surface area contributed by atoms with E-state index in [-0.39, 0.29) is 24.7 Å². The first-order valence-electron chi connectivity index (χ1n) is 4.75. The summed E-state index contributed by atoms with van der Waals surface area (Å²) in [5.41, 5.74) is 0. The van der Waals surface area contributed by atoms with Gasteiger partial charge in [-0.25, -0.2) is 4.99 Å². The molecular weight excluding hydrogens is 168 g/mol. The van der Waals surface area contributed by atoms with E-state index in [1.165, 1.54) is 0 Å². The number of rotatable bonds is 1. The number of aliphatic imine (C=N–C) groups is 1. The van der Waals surface area contributed by atoms with Crippen molar-refractivity contribution in [2.75, 3.05) is 20.7 Å². The summed E-state index contributed by atoms with van der Waals surface area (Å²) in [6.07, 6.45) is 2.21. The Hall–Kier alpha value is -0.770. The Morgan fingerprint density at radius 3 is 2.92 bits per heavy atom. The predicted molar refractivity (Wildman–Crippen MR) is 49.6 cm³/mol. The molecule has 3 unspecified atom stereocenters. The highest BCUT2D eigenvalue weighted by molar-refractivity contribution is 5.75. The number of aliphatic hydroxyl groups is 1. The molecule has 0 aromatic carbocycles. The van der Waals surface area contributed by atoms with E-state index in [9.17, 15) is 0 Å². The van der Waals surface area contributed by atoms with E-state index in [0.29, 0.717) is 6.02 Å². The van der Waals surface area contributed by atoms with Crippen LogP contribution in [0.1, 0.15) is 12.8 Å². The van der Waals surface area contributed by atoms with Gasteiger partial charge in [0.05, 0.1) is 6.04 Å². The van der Waals surface area contributed by atoms with Gasteiger partial charge in [0.2, 0.25) is 0 Å². The van der Waals surface area contributed by atoms with Crippen LogP contribution in [0.4, 0.5) is 0 Å². The lowest BCUT2D eigenvalue weighted by atomic mass is 10.1. The highest BCUT2D eigenvalue weighted by Crippen LogP contribution is 2.34. The summed E-state index contributed by atoms with van der Waals surface area (Å²) < 4.78 is 5.67. The number of hydrogen-bond acceptors (Lipinski definition) is 4. The molecule has 0 aromatic rings. The van der Waals surface area contributed by atoms with Gasteiger partial charge in [-0.15, -0.1) is 0 Å². The summed E-state index contributed by atoms with van der Waals surface area (Å²) in [6.45, 7) is 0.220. The largest absolute Gasteiger partial charge is 0.459 e. The van der Waals surface area contributed by atoms with E-state index in [4.69, 9.17) is 9.84 Å². The number of nitrogens with zero attached hydrogens (tertiary/aromatic N) is 2. The minimum Gasteiger partial charge on any atom is -0.459 e. The van der Waals surface area contributed by atoms with Crippen molar-refractivity contribution >= 4 is 6.02 Å². The smallest absolute Gasteiger partial charge is 0.287 e. The van der Waals surface area contributed by atoms with E-state index in [2.05, 4.69) is 4.99 Å². The Kier molecular flexibility index (Phi) is 2.15. The Bertz CT molecular complexity index is 228. The van der Waals surface area contributed by atoms with Crippen molar-refractivity contribution in [3.8, 4) is 0 Å². The van der Waals surface area contributed by atoms with Crippen molar-refractivity contribution in [2.45, 2.75) is 25.0 Å². The zero-order valence-electron chi connectivity index (χ0n) is 8.10. The van der Waals surface area contributed by atoms with Gasteiger partial charge in [0.15, 0.2) is 0 Å². The summed E-state index contributed by atoms with van der Waals surface area (Å²) in [4.78, 5) is 6.34. The lowest BCUT2D eigenvalue weighted by molar-refractivity contribution is 0.0977. The summed E-state index contributed by atoms with van der Waals surface area (Å²) in [5, 5.41) is 9.09. The van der Waals surface area contributed by atoms with Crippen molar-refractivity contribution in [3.05, 3.63) is 0 Å². The van der Waals surface area contributed by atoms with Crippen LogP contribution in [0.25, 0.3) is 0 Å². The lowest BCUT2D eigenvalue weighted by Gasteiger charge is -2.18. The van der Waals surface area contributed by atoms with Crippen molar-refractivity contribution in [1.82, 2.24) is 4.90 Å². The van der Waals surface area contributed by atoms with Gasteiger partial charge < -0.3 is 14.7 Å². The highest BCUT2D eigenvalue weighted by atomic mass is 16.5. The SMILES string of the molecule is CN(C)C1=NC2CCC(CO)C2O1. The highest BCUT2D eigenvalue weighted by Gasteiger charge is 2.42. The van der Waals surface area contributed by atoms with Crippen LogP contribution in [0, 0.1) is 5.92 Å². The molecule has 1 aliphatic carbocycles. The van der Waals surface area contributed by atoms with Gasteiger partial charge in [0, 0.05) is 26.6 Å². The molecule has 1 fully saturated rings. The molecule has 2 rings (SSSR count). The summed E-state index contributed by atoms with van der Waals surface area (Å²) in [5.74, 6) is 0.284. The number of fused-ring (bicyclic) bond motifs is 1. The van der Waals surface area contributed by atoms with Gasteiger partial charge in [-0.2, -0.15) is 0 Å². The first-order chi connectivity index (χ1) is 6.22. The fourth-order valence-electron chi connectivity index (χ4n) is 2.05. The molecule has 0 saturated heterocycles. The fraction of sp³-hybridized carbons (Fsp3) is 0.889. The predicted octanol–water partition coefficient (Wildman–Crippen LogP) is 0.0737. The summed E-state index contributed by atoms with van der Waals surface area (Å²) in [7, 11) is 3.85. The second-order valence-electron chi connectivity index (χ2n) is 3.98. The Labute approximate surface area is 78.2 Å². The maximum atomic E-state index is 9.09. The number of ether oxygens (including phenoxy) is 1. The molecule has 0 radical (unpaired) electrons. The quantitative estimate of drug-likeness (QED) is 0.627. The molecule has 0 bridgehead atoms. The van der Waals surface area contributed by atoms with Crippen LogP contribution in [0.15, 0.2) is 4.99 Å². The van der Waals surface area contributed by atoms with Crippen LogP contribution < -0.4 is 0 Å². The molecule has 3 atom stereocenters. The summed E-state index contributed by atoms with van der Waals surface area (Å²) in [6, 6.07) is 1.00. The van der Waals surface area contributed by atoms with Crippen molar-refractivity contribution in [2.24, 2.45) is 10.9 Å². The van der Waals surface area contributed by atoms with E-state index < -0.39 is 0 Å². The van der Waals surface area contributed by atoms with Gasteiger partial charge in [-0.05, 0) is 12.8 Å². The monoisotopic (exact) mass is 184 g/mol. The molecule has 0 aromatic heterocycles. The average molecular weight is 184 g/mol. The van der Waals surface area contributed by atoms with Crippen LogP contribution in [0.3, 0.4) is 0 Å². The van der Waals surface area contributed by atoms with E-state index in [1.807, 2.05) is 19.0 Å². The molecule has 1 aliphatic heterocycles. The molecule has 4 heteroatoms. The minimum absolute atomic E-state index is 0.127. The summed E-state index contributed by atoms with van der Waals surface area (Å²) >= 11 is 0. The maximum absolute atomic E-state index is 9.09. The molecule has 1 heterocycles. The molecule has 2 aliphatic rings. The van der Waals surface area contributed by atoms with Crippen molar-refractivity contribution in [1.29, 1.82) is 0 Å². The van der Waals surface area contributed by atoms with Crippen LogP contribution in [0.2, 0.25) is 0 Å². The first-order valence-corrected chi connectivity index (χ1v) is 4.75. The molecule has 1 saturated carbocycles. The molecule has 13 heavy (non-hydrogen) atoms. The van der Waals surface area contributed by atoms with Crippen molar-refractivity contribution in [3.63, 3.8) is 0 Å². The van der Waals surface area contributed by atoms with Gasteiger partial charge in [-0.1, -0.05) is 0 Å². The standard InChI is InChI=1S/C9H16N2O2/c1-11(2)9-10-7-4-3-6(5-12)8(7)13-9/h6-8,12H,3-5H2,1-2H3. The Balaban J connectivity index is 2.05. The topological polar surface area (TPSA) is 45.1 Å². The van der Waals surface area contributed by atoms with Gasteiger partial charge in [0.25, 0.3) is 6.02 Å². The second-order valence-corrected chi connectivity index (χ2v) is 3.98. The molecule has 1 N–H and O–H groups in total. The molecular formula is C9H16N2O2. The molecule has 0 spiro atoms. The normalized spacial score (nSPS) is 36.8. The van der Waals surface area contributed by atoms with Crippen LogP contribution in [-0.2, 0) is 4.74 Å². The molecule has 4 nitrogen and oxygen atoms in total. The third kappa shape index (κ3) is 1.39. The van der Waals surface area contributed by atoms with Gasteiger partial charge in [-0.3, -0.25) is 0 Å². The number of hydrogen-bond donors (Lipinski definition) is 1. The molecule has 0 amide bonds. The van der Waals surface area contributed by atoms with Crippen molar-refractivity contribution < 1.29 is 9.84 Å². The lowest BCUT2D eigenvalue weighted by Crippen LogP contribution is -2.29. The number of aliphatic hydroxyl groups excluding tert-OH is 1. The number of amidine groups is 1. The zero-order valence-corrected chi connectivity index (χ0v) is 8.10. The minimum atomic E-state index is 0.127. The van der Waals surface area contributed by atoms with E-state index in [0.717, 1.165) is 12.8 Å². The fourth-order valence-corrected chi connectivity index (χ4v) is 2.05. The Morgan fingerprint density at radius 1 is 1.54 bits per heavy atom. The zero-order chi connectivity index (χ0) is 9.42.